The Morgan fingerprint density at radius 2 is 2.08 bits per heavy atom. The number of hydrogen-bond donors (Lipinski definition) is 1. The number of carboxylic acids is 1. The highest BCUT2D eigenvalue weighted by molar-refractivity contribution is 8.18. The van der Waals surface area contributed by atoms with Crippen LogP contribution in [0.25, 0.3) is 6.08 Å². The average Bonchev–Trinajstić information content (AvgIpc) is 2.79. The van der Waals surface area contributed by atoms with Crippen molar-refractivity contribution in [1.29, 1.82) is 0 Å². The van der Waals surface area contributed by atoms with Crippen molar-refractivity contribution >= 4 is 46.6 Å². The molecule has 0 unspecified atom stereocenters. The summed E-state index contributed by atoms with van der Waals surface area (Å²) in [5.41, 5.74) is 0.527. The van der Waals surface area contributed by atoms with Crippen LogP contribution in [0.4, 0.5) is 4.79 Å². The number of amides is 2. The van der Waals surface area contributed by atoms with E-state index in [0.717, 1.165) is 11.8 Å². The lowest BCUT2D eigenvalue weighted by molar-refractivity contribution is -0.139. The van der Waals surface area contributed by atoms with E-state index in [1.54, 1.807) is 19.9 Å². The quantitative estimate of drug-likeness (QED) is 0.751. The van der Waals surface area contributed by atoms with E-state index >= 15 is 0 Å². The molecule has 2 amide bonds. The zero-order chi connectivity index (χ0) is 18.7. The van der Waals surface area contributed by atoms with E-state index in [4.69, 9.17) is 26.2 Å². The molecule has 0 saturated carbocycles. The van der Waals surface area contributed by atoms with Gasteiger partial charge in [-0.05, 0) is 49.4 Å². The van der Waals surface area contributed by atoms with Gasteiger partial charge in [0.1, 0.15) is 0 Å². The maximum Gasteiger partial charge on any atom is 0.341 e. The maximum absolute atomic E-state index is 12.3. The first kappa shape index (κ1) is 19.1. The molecule has 1 aliphatic heterocycles. The molecule has 0 bridgehead atoms. The summed E-state index contributed by atoms with van der Waals surface area (Å²) in [6, 6.07) is 2.82. The number of imide groups is 1. The summed E-state index contributed by atoms with van der Waals surface area (Å²) in [5.74, 6) is -1.20. The lowest BCUT2D eigenvalue weighted by Crippen LogP contribution is -2.34. The van der Waals surface area contributed by atoms with Crippen molar-refractivity contribution in [3.63, 3.8) is 0 Å². The highest BCUT2D eigenvalue weighted by atomic mass is 35.5. The van der Waals surface area contributed by atoms with Crippen LogP contribution in [0.2, 0.25) is 5.02 Å². The van der Waals surface area contributed by atoms with E-state index in [-0.39, 0.29) is 38.6 Å². The summed E-state index contributed by atoms with van der Waals surface area (Å²) in [5, 5.41) is 8.51. The molecule has 2 rings (SSSR count). The zero-order valence-corrected chi connectivity index (χ0v) is 15.3. The molecular weight excluding hydrogens is 370 g/mol. The Labute approximate surface area is 153 Å². The van der Waals surface area contributed by atoms with Crippen LogP contribution in [0, 0.1) is 0 Å². The second-order valence-corrected chi connectivity index (χ2v) is 6.76. The molecule has 1 N–H and O–H groups in total. The van der Waals surface area contributed by atoms with E-state index in [1.165, 1.54) is 24.2 Å². The first-order chi connectivity index (χ1) is 11.7. The number of thioether (sulfide) groups is 1. The molecule has 0 atom stereocenters. The van der Waals surface area contributed by atoms with Crippen molar-refractivity contribution in [3.8, 4) is 11.5 Å². The van der Waals surface area contributed by atoms with Crippen LogP contribution in [0.3, 0.4) is 0 Å². The van der Waals surface area contributed by atoms with E-state index in [1.807, 2.05) is 0 Å². The maximum atomic E-state index is 12.3. The third-order valence-corrected chi connectivity index (χ3v) is 4.39. The molecule has 7 nitrogen and oxygen atoms in total. The van der Waals surface area contributed by atoms with Crippen molar-refractivity contribution in [3.05, 3.63) is 27.6 Å². The Balaban J connectivity index is 2.35. The standard InChI is InChI=1S/C16H16ClNO6S/c1-8(2)18-15(21)12(25-16(18)22)6-9-4-10(17)14(11(5-9)23-3)24-7-13(19)20/h4-6,8H,7H2,1-3H3,(H,19,20)/b12-6+. The van der Waals surface area contributed by atoms with Crippen LogP contribution in [-0.2, 0) is 9.59 Å². The third kappa shape index (κ3) is 4.26. The smallest absolute Gasteiger partial charge is 0.341 e. The minimum Gasteiger partial charge on any atom is -0.493 e. The lowest BCUT2D eigenvalue weighted by atomic mass is 10.1. The van der Waals surface area contributed by atoms with Crippen LogP contribution >= 0.6 is 23.4 Å². The number of halogens is 1. The zero-order valence-electron chi connectivity index (χ0n) is 13.7. The SMILES string of the molecule is COc1cc(/C=C2/SC(=O)N(C(C)C)C2=O)cc(Cl)c1OCC(=O)O. The van der Waals surface area contributed by atoms with Gasteiger partial charge in [0.25, 0.3) is 11.1 Å². The highest BCUT2D eigenvalue weighted by Crippen LogP contribution is 2.39. The van der Waals surface area contributed by atoms with Crippen molar-refractivity contribution in [2.75, 3.05) is 13.7 Å². The highest BCUT2D eigenvalue weighted by Gasteiger charge is 2.36. The molecule has 0 aliphatic carbocycles. The number of methoxy groups -OCH3 is 1. The summed E-state index contributed by atoms with van der Waals surface area (Å²) in [6.45, 7) is 2.95. The number of aliphatic carboxylic acids is 1. The van der Waals surface area contributed by atoms with Gasteiger partial charge in [-0.3, -0.25) is 14.5 Å². The normalized spacial score (nSPS) is 16.0. The van der Waals surface area contributed by atoms with Crippen molar-refractivity contribution < 1.29 is 29.0 Å². The van der Waals surface area contributed by atoms with Crippen molar-refractivity contribution in [2.24, 2.45) is 0 Å². The second kappa shape index (κ2) is 7.79. The van der Waals surface area contributed by atoms with Gasteiger partial charge in [0.2, 0.25) is 0 Å². The molecular formula is C16H16ClNO6S. The molecule has 0 spiro atoms. The van der Waals surface area contributed by atoms with E-state index in [0.29, 0.717) is 5.56 Å². The van der Waals surface area contributed by atoms with Crippen molar-refractivity contribution in [1.82, 2.24) is 4.90 Å². The molecule has 1 fully saturated rings. The van der Waals surface area contributed by atoms with Gasteiger partial charge in [0, 0.05) is 6.04 Å². The summed E-state index contributed by atoms with van der Waals surface area (Å²) in [7, 11) is 1.38. The Kier molecular flexibility index (Phi) is 5.97. The van der Waals surface area contributed by atoms with Gasteiger partial charge in [-0.25, -0.2) is 4.79 Å². The number of benzene rings is 1. The van der Waals surface area contributed by atoms with Gasteiger partial charge in [-0.15, -0.1) is 0 Å². The number of rotatable bonds is 6. The van der Waals surface area contributed by atoms with Crippen LogP contribution in [0.1, 0.15) is 19.4 Å². The minimum atomic E-state index is -1.15. The van der Waals surface area contributed by atoms with Crippen LogP contribution in [0.5, 0.6) is 11.5 Å². The van der Waals surface area contributed by atoms with Crippen LogP contribution < -0.4 is 9.47 Å². The van der Waals surface area contributed by atoms with E-state index in [2.05, 4.69) is 0 Å². The van der Waals surface area contributed by atoms with Crippen molar-refractivity contribution in [2.45, 2.75) is 19.9 Å². The van der Waals surface area contributed by atoms with Crippen LogP contribution in [0.15, 0.2) is 17.0 Å². The van der Waals surface area contributed by atoms with Gasteiger partial charge in [0.05, 0.1) is 17.0 Å². The van der Waals surface area contributed by atoms with Gasteiger partial charge < -0.3 is 14.6 Å². The molecule has 134 valence electrons. The molecule has 1 aliphatic rings. The van der Waals surface area contributed by atoms with Gasteiger partial charge in [-0.2, -0.15) is 0 Å². The summed E-state index contributed by atoms with van der Waals surface area (Å²) in [6.07, 6.45) is 1.53. The fraction of sp³-hybridized carbons (Fsp3) is 0.312. The summed E-state index contributed by atoms with van der Waals surface area (Å²) >= 11 is 6.98. The predicted molar refractivity (Wildman–Crippen MR) is 94.1 cm³/mol. The number of carboxylic acid groups (broad SMARTS) is 1. The van der Waals surface area contributed by atoms with Gasteiger partial charge >= 0.3 is 5.97 Å². The van der Waals surface area contributed by atoms with Crippen LogP contribution in [-0.4, -0.2) is 46.9 Å². The Morgan fingerprint density at radius 3 is 2.60 bits per heavy atom. The van der Waals surface area contributed by atoms with E-state index < -0.39 is 12.6 Å². The molecule has 1 heterocycles. The van der Waals surface area contributed by atoms with Gasteiger partial charge in [0.15, 0.2) is 18.1 Å². The number of hydrogen-bond acceptors (Lipinski definition) is 6. The Bertz CT molecular complexity index is 761. The van der Waals surface area contributed by atoms with Gasteiger partial charge in [-0.1, -0.05) is 11.6 Å². The molecule has 9 heteroatoms. The third-order valence-electron chi connectivity index (χ3n) is 3.23. The summed E-state index contributed by atoms with van der Waals surface area (Å²) in [4.78, 5) is 36.3. The first-order valence-electron chi connectivity index (χ1n) is 7.23. The molecule has 0 aromatic heterocycles. The number of carbonyl (C=O) groups is 3. The number of ether oxygens (including phenoxy) is 2. The average molecular weight is 386 g/mol. The molecule has 25 heavy (non-hydrogen) atoms. The number of nitrogens with zero attached hydrogens (tertiary/aromatic N) is 1. The second-order valence-electron chi connectivity index (χ2n) is 5.36. The molecule has 1 saturated heterocycles. The Morgan fingerprint density at radius 1 is 1.40 bits per heavy atom. The molecule has 1 aromatic rings. The fourth-order valence-electron chi connectivity index (χ4n) is 2.17. The number of carbonyl (C=O) groups excluding carboxylic acids is 2. The topological polar surface area (TPSA) is 93.1 Å². The predicted octanol–water partition coefficient (Wildman–Crippen LogP) is 3.26. The molecule has 1 aromatic carbocycles. The lowest BCUT2D eigenvalue weighted by Gasteiger charge is -2.16. The monoisotopic (exact) mass is 385 g/mol. The first-order valence-corrected chi connectivity index (χ1v) is 8.43. The summed E-state index contributed by atoms with van der Waals surface area (Å²) < 4.78 is 10.3. The largest absolute Gasteiger partial charge is 0.493 e. The minimum absolute atomic E-state index is 0.0963. The molecule has 0 radical (unpaired) electrons. The van der Waals surface area contributed by atoms with E-state index in [9.17, 15) is 14.4 Å². The fourth-order valence-corrected chi connectivity index (χ4v) is 3.41. The Hall–Kier alpha value is -2.19.